The number of rotatable bonds is 2. The molecule has 82 valence electrons. The van der Waals surface area contributed by atoms with Gasteiger partial charge in [0, 0.05) is 11.3 Å². The van der Waals surface area contributed by atoms with Crippen LogP contribution in [0.2, 0.25) is 0 Å². The highest BCUT2D eigenvalue weighted by Crippen LogP contribution is 2.25. The molecule has 15 heavy (non-hydrogen) atoms. The van der Waals surface area contributed by atoms with Gasteiger partial charge < -0.3 is 11.5 Å². The number of amides is 1. The van der Waals surface area contributed by atoms with Crippen molar-refractivity contribution in [2.75, 3.05) is 5.73 Å². The molecule has 1 aromatic rings. The minimum absolute atomic E-state index is 0.00248. The fourth-order valence-electron chi connectivity index (χ4n) is 1.13. The van der Waals surface area contributed by atoms with Gasteiger partial charge in [-0.3, -0.25) is 4.79 Å². The molecule has 0 bridgehead atoms. The highest BCUT2D eigenvalue weighted by Gasteiger charge is 2.28. The van der Waals surface area contributed by atoms with Crippen LogP contribution in [0.5, 0.6) is 0 Å². The molecule has 0 spiro atoms. The molecule has 4 N–H and O–H groups in total. The predicted molar refractivity (Wildman–Crippen MR) is 49.1 cm³/mol. The second kappa shape index (κ2) is 3.80. The van der Waals surface area contributed by atoms with E-state index in [4.69, 9.17) is 11.5 Å². The summed E-state index contributed by atoms with van der Waals surface area (Å²) in [6.07, 6.45) is -5.52. The van der Waals surface area contributed by atoms with E-state index in [9.17, 15) is 18.0 Å². The zero-order valence-electron chi connectivity index (χ0n) is 7.64. The van der Waals surface area contributed by atoms with E-state index in [2.05, 4.69) is 0 Å². The maximum atomic E-state index is 12.1. The summed E-state index contributed by atoms with van der Waals surface area (Å²) in [5, 5.41) is 0. The quantitative estimate of drug-likeness (QED) is 0.738. The van der Waals surface area contributed by atoms with Crippen molar-refractivity contribution in [3.05, 3.63) is 29.3 Å². The minimum Gasteiger partial charge on any atom is -0.399 e. The van der Waals surface area contributed by atoms with Crippen LogP contribution in [0.25, 0.3) is 0 Å². The molecule has 1 aromatic carbocycles. The van der Waals surface area contributed by atoms with Crippen molar-refractivity contribution in [2.24, 2.45) is 5.73 Å². The summed E-state index contributed by atoms with van der Waals surface area (Å²) in [4.78, 5) is 10.7. The number of carbonyl (C=O) groups excluding carboxylic acids is 1. The van der Waals surface area contributed by atoms with E-state index < -0.39 is 18.5 Å². The van der Waals surface area contributed by atoms with Gasteiger partial charge in [-0.1, -0.05) is 0 Å². The summed E-state index contributed by atoms with van der Waals surface area (Å²) < 4.78 is 36.2. The maximum Gasteiger partial charge on any atom is 0.393 e. The van der Waals surface area contributed by atoms with Gasteiger partial charge in [0.25, 0.3) is 0 Å². The Morgan fingerprint density at radius 3 is 2.40 bits per heavy atom. The molecule has 0 atom stereocenters. The van der Waals surface area contributed by atoms with E-state index in [1.807, 2.05) is 0 Å². The highest BCUT2D eigenvalue weighted by molar-refractivity contribution is 5.93. The molecule has 0 heterocycles. The number of hydrogen-bond acceptors (Lipinski definition) is 2. The summed E-state index contributed by atoms with van der Waals surface area (Å²) in [6, 6.07) is 3.59. The molecule has 1 amide bonds. The van der Waals surface area contributed by atoms with Crippen molar-refractivity contribution in [3.63, 3.8) is 0 Å². The molecule has 0 radical (unpaired) electrons. The summed E-state index contributed by atoms with van der Waals surface area (Å²) in [7, 11) is 0. The van der Waals surface area contributed by atoms with Gasteiger partial charge in [0.2, 0.25) is 5.91 Å². The molecular weight excluding hydrogens is 209 g/mol. The van der Waals surface area contributed by atoms with Crippen molar-refractivity contribution in [1.29, 1.82) is 0 Å². The van der Waals surface area contributed by atoms with Crippen LogP contribution >= 0.6 is 0 Å². The molecule has 0 saturated heterocycles. The lowest BCUT2D eigenvalue weighted by atomic mass is 10.1. The number of nitrogen functional groups attached to an aromatic ring is 1. The Morgan fingerprint density at radius 2 is 1.93 bits per heavy atom. The van der Waals surface area contributed by atoms with Crippen LogP contribution in [0, 0.1) is 0 Å². The van der Waals surface area contributed by atoms with E-state index in [1.165, 1.54) is 12.1 Å². The van der Waals surface area contributed by atoms with Crippen LogP contribution in [0.15, 0.2) is 18.2 Å². The molecule has 0 saturated carbocycles. The average Bonchev–Trinajstić information content (AvgIpc) is 2.06. The first kappa shape index (κ1) is 11.4. The lowest BCUT2D eigenvalue weighted by Gasteiger charge is -2.09. The first-order valence-electron chi connectivity index (χ1n) is 4.04. The van der Waals surface area contributed by atoms with Gasteiger partial charge >= 0.3 is 6.18 Å². The van der Waals surface area contributed by atoms with Crippen LogP contribution in [0.3, 0.4) is 0 Å². The number of hydrogen-bond donors (Lipinski definition) is 2. The number of anilines is 1. The number of halogens is 3. The molecule has 0 unspecified atom stereocenters. The molecule has 0 fully saturated rings. The average molecular weight is 218 g/mol. The molecule has 0 aliphatic rings. The molecule has 0 aliphatic carbocycles. The van der Waals surface area contributed by atoms with Gasteiger partial charge in [0.1, 0.15) is 0 Å². The Bertz CT molecular complexity index is 387. The Hall–Kier alpha value is -1.72. The Labute approximate surface area is 83.9 Å². The van der Waals surface area contributed by atoms with Crippen LogP contribution in [-0.2, 0) is 6.42 Å². The van der Waals surface area contributed by atoms with Gasteiger partial charge in [0.05, 0.1) is 6.42 Å². The summed E-state index contributed by atoms with van der Waals surface area (Å²) >= 11 is 0. The molecule has 0 aliphatic heterocycles. The first-order chi connectivity index (χ1) is 6.79. The van der Waals surface area contributed by atoms with E-state index in [0.29, 0.717) is 0 Å². The van der Waals surface area contributed by atoms with Crippen molar-refractivity contribution in [2.45, 2.75) is 12.6 Å². The first-order valence-corrected chi connectivity index (χ1v) is 4.04. The zero-order valence-corrected chi connectivity index (χ0v) is 7.64. The van der Waals surface area contributed by atoms with Crippen molar-refractivity contribution in [3.8, 4) is 0 Å². The third kappa shape index (κ3) is 3.16. The fraction of sp³-hybridized carbons (Fsp3) is 0.222. The number of primary amides is 1. The minimum atomic E-state index is -4.36. The Balaban J connectivity index is 3.06. The topological polar surface area (TPSA) is 69.1 Å². The molecular formula is C9H9F3N2O. The summed E-state index contributed by atoms with van der Waals surface area (Å²) in [5.74, 6) is -0.779. The lowest BCUT2D eigenvalue weighted by Crippen LogP contribution is -2.16. The van der Waals surface area contributed by atoms with Crippen LogP contribution in [0.1, 0.15) is 15.9 Å². The van der Waals surface area contributed by atoms with Crippen LogP contribution in [-0.4, -0.2) is 12.1 Å². The molecule has 1 rings (SSSR count). The number of nitrogens with two attached hydrogens (primary N) is 2. The van der Waals surface area contributed by atoms with E-state index in [1.54, 1.807) is 0 Å². The van der Waals surface area contributed by atoms with Crippen molar-refractivity contribution in [1.82, 2.24) is 0 Å². The van der Waals surface area contributed by atoms with Gasteiger partial charge in [-0.2, -0.15) is 13.2 Å². The molecule has 0 aromatic heterocycles. The normalized spacial score (nSPS) is 11.4. The van der Waals surface area contributed by atoms with Crippen LogP contribution < -0.4 is 11.5 Å². The van der Waals surface area contributed by atoms with E-state index in [0.717, 1.165) is 6.07 Å². The molecule has 3 nitrogen and oxygen atoms in total. The lowest BCUT2D eigenvalue weighted by molar-refractivity contribution is -0.127. The molecule has 6 heteroatoms. The SMILES string of the molecule is NC(=O)c1ccc(N)c(CC(F)(F)F)c1. The van der Waals surface area contributed by atoms with Gasteiger partial charge in [-0.05, 0) is 23.8 Å². The van der Waals surface area contributed by atoms with Crippen molar-refractivity contribution >= 4 is 11.6 Å². The van der Waals surface area contributed by atoms with Crippen molar-refractivity contribution < 1.29 is 18.0 Å². The van der Waals surface area contributed by atoms with Crippen LogP contribution in [0.4, 0.5) is 18.9 Å². The fourth-order valence-corrected chi connectivity index (χ4v) is 1.13. The summed E-state index contributed by atoms with van der Waals surface area (Å²) in [6.45, 7) is 0. The largest absolute Gasteiger partial charge is 0.399 e. The third-order valence-corrected chi connectivity index (χ3v) is 1.82. The highest BCUT2D eigenvalue weighted by atomic mass is 19.4. The number of carbonyl (C=O) groups is 1. The Morgan fingerprint density at radius 1 is 1.33 bits per heavy atom. The third-order valence-electron chi connectivity index (χ3n) is 1.82. The van der Waals surface area contributed by atoms with Gasteiger partial charge in [-0.25, -0.2) is 0 Å². The maximum absolute atomic E-state index is 12.1. The monoisotopic (exact) mass is 218 g/mol. The zero-order chi connectivity index (χ0) is 11.6. The van der Waals surface area contributed by atoms with Gasteiger partial charge in [-0.15, -0.1) is 0 Å². The Kier molecular flexibility index (Phi) is 2.88. The standard InChI is InChI=1S/C9H9F3N2O/c10-9(11,12)4-6-3-5(8(14)15)1-2-7(6)13/h1-3H,4,13H2,(H2,14,15). The van der Waals surface area contributed by atoms with E-state index >= 15 is 0 Å². The summed E-state index contributed by atoms with van der Waals surface area (Å²) in [5.41, 5.74) is 10.2. The van der Waals surface area contributed by atoms with E-state index in [-0.39, 0.29) is 16.8 Å². The number of alkyl halides is 3. The predicted octanol–water partition coefficient (Wildman–Crippen LogP) is 1.47. The second-order valence-electron chi connectivity index (χ2n) is 3.07. The smallest absolute Gasteiger partial charge is 0.393 e. The number of benzene rings is 1. The van der Waals surface area contributed by atoms with Gasteiger partial charge in [0.15, 0.2) is 0 Å². The second-order valence-corrected chi connectivity index (χ2v) is 3.07.